The van der Waals surface area contributed by atoms with Gasteiger partial charge in [0.1, 0.15) is 11.2 Å². The first kappa shape index (κ1) is 15.8. The molecule has 7 heteroatoms. The van der Waals surface area contributed by atoms with Gasteiger partial charge in [-0.3, -0.25) is 4.79 Å². The lowest BCUT2D eigenvalue weighted by atomic mass is 10.0. The van der Waals surface area contributed by atoms with Gasteiger partial charge in [-0.25, -0.2) is 9.97 Å². The molecule has 3 aromatic heterocycles. The minimum atomic E-state index is 0.191. The number of rotatable bonds is 2. The Balaban J connectivity index is 1.35. The Labute approximate surface area is 152 Å². The Hall–Kier alpha value is -2.41. The van der Waals surface area contributed by atoms with Crippen LogP contribution in [0.2, 0.25) is 0 Å². The SMILES string of the molecule is CN1CCC(C(=O)N2CCC(n3cnc4cnc5[nH]ccc5c43)CC2)C1. The number of nitrogens with one attached hydrogen (secondary N) is 1. The number of likely N-dealkylation sites (tertiary alicyclic amines) is 2. The zero-order valence-electron chi connectivity index (χ0n) is 15.1. The van der Waals surface area contributed by atoms with Crippen molar-refractivity contribution in [3.63, 3.8) is 0 Å². The fourth-order valence-corrected chi connectivity index (χ4v) is 4.57. The van der Waals surface area contributed by atoms with Crippen LogP contribution in [0.3, 0.4) is 0 Å². The molecule has 1 atom stereocenters. The summed E-state index contributed by atoms with van der Waals surface area (Å²) in [5, 5.41) is 1.12. The van der Waals surface area contributed by atoms with E-state index in [0.29, 0.717) is 11.9 Å². The average Bonchev–Trinajstić information content (AvgIpc) is 3.39. The molecule has 0 aromatic carbocycles. The van der Waals surface area contributed by atoms with Gasteiger partial charge in [0.2, 0.25) is 5.91 Å². The molecule has 2 fully saturated rings. The molecule has 0 bridgehead atoms. The van der Waals surface area contributed by atoms with Gasteiger partial charge in [-0.15, -0.1) is 0 Å². The molecule has 2 aliphatic rings. The highest BCUT2D eigenvalue weighted by Crippen LogP contribution is 2.31. The van der Waals surface area contributed by atoms with E-state index in [2.05, 4.69) is 42.4 Å². The number of hydrogen-bond acceptors (Lipinski definition) is 4. The van der Waals surface area contributed by atoms with E-state index < -0.39 is 0 Å². The second-order valence-electron chi connectivity index (χ2n) is 7.69. The van der Waals surface area contributed by atoms with E-state index in [9.17, 15) is 4.79 Å². The average molecular weight is 352 g/mol. The number of piperidine rings is 1. The van der Waals surface area contributed by atoms with Crippen molar-refractivity contribution in [1.29, 1.82) is 0 Å². The second-order valence-corrected chi connectivity index (χ2v) is 7.69. The van der Waals surface area contributed by atoms with Crippen LogP contribution in [0.4, 0.5) is 0 Å². The highest BCUT2D eigenvalue weighted by molar-refractivity contribution is 6.00. The first-order valence-electron chi connectivity index (χ1n) is 9.46. The number of fused-ring (bicyclic) bond motifs is 3. The summed E-state index contributed by atoms with van der Waals surface area (Å²) >= 11 is 0. The highest BCUT2D eigenvalue weighted by atomic mass is 16.2. The van der Waals surface area contributed by atoms with Gasteiger partial charge in [-0.2, -0.15) is 0 Å². The van der Waals surface area contributed by atoms with Crippen LogP contribution in [0.1, 0.15) is 25.3 Å². The Morgan fingerprint density at radius 3 is 2.81 bits per heavy atom. The van der Waals surface area contributed by atoms with Gasteiger partial charge in [0.15, 0.2) is 0 Å². The van der Waals surface area contributed by atoms with Crippen LogP contribution >= 0.6 is 0 Å². The molecular formula is C19H24N6O. The summed E-state index contributed by atoms with van der Waals surface area (Å²) < 4.78 is 2.29. The van der Waals surface area contributed by atoms with E-state index in [1.165, 1.54) is 0 Å². The van der Waals surface area contributed by atoms with Crippen molar-refractivity contribution in [2.75, 3.05) is 33.2 Å². The molecule has 3 aromatic rings. The van der Waals surface area contributed by atoms with Gasteiger partial charge in [0.05, 0.1) is 24.0 Å². The summed E-state index contributed by atoms with van der Waals surface area (Å²) in [4.78, 5) is 29.2. The van der Waals surface area contributed by atoms with Crippen LogP contribution in [0.15, 0.2) is 24.8 Å². The van der Waals surface area contributed by atoms with Gasteiger partial charge in [-0.05, 0) is 38.9 Å². The van der Waals surface area contributed by atoms with Crippen molar-refractivity contribution in [1.82, 2.24) is 29.3 Å². The van der Waals surface area contributed by atoms with E-state index in [-0.39, 0.29) is 5.92 Å². The number of aromatic nitrogens is 4. The molecular weight excluding hydrogens is 328 g/mol. The van der Waals surface area contributed by atoms with E-state index in [0.717, 1.165) is 67.5 Å². The molecule has 5 heterocycles. The normalized spacial score (nSPS) is 22.7. The predicted molar refractivity (Wildman–Crippen MR) is 99.8 cm³/mol. The monoisotopic (exact) mass is 352 g/mol. The van der Waals surface area contributed by atoms with Crippen molar-refractivity contribution >= 4 is 28.0 Å². The molecule has 0 spiro atoms. The van der Waals surface area contributed by atoms with Crippen LogP contribution in [0.25, 0.3) is 22.1 Å². The van der Waals surface area contributed by atoms with Crippen LogP contribution in [-0.4, -0.2) is 68.5 Å². The van der Waals surface area contributed by atoms with Crippen LogP contribution in [-0.2, 0) is 4.79 Å². The number of amides is 1. The largest absolute Gasteiger partial charge is 0.346 e. The lowest BCUT2D eigenvalue weighted by Gasteiger charge is -2.34. The molecule has 1 unspecified atom stereocenters. The molecule has 2 saturated heterocycles. The molecule has 0 saturated carbocycles. The van der Waals surface area contributed by atoms with Crippen LogP contribution < -0.4 is 0 Å². The number of H-pyrrole nitrogens is 1. The van der Waals surface area contributed by atoms with Crippen molar-refractivity contribution in [2.24, 2.45) is 5.92 Å². The Morgan fingerprint density at radius 1 is 1.19 bits per heavy atom. The predicted octanol–water partition coefficient (Wildman–Crippen LogP) is 2.03. The third-order valence-corrected chi connectivity index (χ3v) is 6.03. The van der Waals surface area contributed by atoms with Gasteiger partial charge >= 0.3 is 0 Å². The second kappa shape index (κ2) is 6.09. The molecule has 5 rings (SSSR count). The zero-order valence-corrected chi connectivity index (χ0v) is 15.1. The highest BCUT2D eigenvalue weighted by Gasteiger charge is 2.32. The first-order chi connectivity index (χ1) is 12.7. The summed E-state index contributed by atoms with van der Waals surface area (Å²) in [5.74, 6) is 0.539. The van der Waals surface area contributed by atoms with E-state index >= 15 is 0 Å². The minimum Gasteiger partial charge on any atom is -0.346 e. The van der Waals surface area contributed by atoms with Gasteiger partial charge < -0.3 is 19.4 Å². The Bertz CT molecular complexity index is 951. The van der Waals surface area contributed by atoms with Gasteiger partial charge in [0, 0.05) is 37.3 Å². The smallest absolute Gasteiger partial charge is 0.227 e. The maximum atomic E-state index is 12.8. The van der Waals surface area contributed by atoms with Gasteiger partial charge in [-0.1, -0.05) is 0 Å². The molecule has 1 amide bonds. The number of hydrogen-bond donors (Lipinski definition) is 1. The number of pyridine rings is 1. The molecule has 1 N–H and O–H groups in total. The zero-order chi connectivity index (χ0) is 17.7. The summed E-state index contributed by atoms with van der Waals surface area (Å²) in [6.45, 7) is 3.62. The third kappa shape index (κ3) is 2.49. The number of carbonyl (C=O) groups is 1. The molecule has 0 radical (unpaired) electrons. The molecule has 2 aliphatic heterocycles. The maximum Gasteiger partial charge on any atom is 0.227 e. The topological polar surface area (TPSA) is 70.1 Å². The molecule has 26 heavy (non-hydrogen) atoms. The van der Waals surface area contributed by atoms with Crippen molar-refractivity contribution < 1.29 is 4.79 Å². The first-order valence-corrected chi connectivity index (χ1v) is 9.46. The van der Waals surface area contributed by atoms with E-state index in [1.807, 2.05) is 18.7 Å². The molecule has 0 aliphatic carbocycles. The Morgan fingerprint density at radius 2 is 2.04 bits per heavy atom. The molecule has 7 nitrogen and oxygen atoms in total. The number of carbonyl (C=O) groups excluding carboxylic acids is 1. The quantitative estimate of drug-likeness (QED) is 0.766. The molecule has 136 valence electrons. The fourth-order valence-electron chi connectivity index (χ4n) is 4.57. The number of aromatic amines is 1. The van der Waals surface area contributed by atoms with E-state index in [1.54, 1.807) is 0 Å². The standard InChI is InChI=1S/C19H24N6O/c1-23-7-3-13(11-23)19(26)24-8-4-14(5-9-24)25-12-22-16-10-21-18-15(17(16)25)2-6-20-18/h2,6,10,12-14H,3-5,7-9,11H2,1H3,(H,20,21). The fraction of sp³-hybridized carbons (Fsp3) is 0.526. The minimum absolute atomic E-state index is 0.191. The maximum absolute atomic E-state index is 12.8. The number of imidazole rings is 1. The Kier molecular flexibility index (Phi) is 3.70. The third-order valence-electron chi connectivity index (χ3n) is 6.03. The van der Waals surface area contributed by atoms with Crippen LogP contribution in [0, 0.1) is 5.92 Å². The summed E-state index contributed by atoms with van der Waals surface area (Å²) in [6.07, 6.45) is 8.66. The lowest BCUT2D eigenvalue weighted by molar-refractivity contribution is -0.136. The van der Waals surface area contributed by atoms with Crippen LogP contribution in [0.5, 0.6) is 0 Å². The summed E-state index contributed by atoms with van der Waals surface area (Å²) in [7, 11) is 2.10. The van der Waals surface area contributed by atoms with Crippen molar-refractivity contribution in [3.8, 4) is 0 Å². The van der Waals surface area contributed by atoms with Crippen molar-refractivity contribution in [2.45, 2.75) is 25.3 Å². The lowest BCUT2D eigenvalue weighted by Crippen LogP contribution is -2.42. The summed E-state index contributed by atoms with van der Waals surface area (Å²) in [6, 6.07) is 2.45. The van der Waals surface area contributed by atoms with E-state index in [4.69, 9.17) is 0 Å². The number of nitrogens with zero attached hydrogens (tertiary/aromatic N) is 5. The summed E-state index contributed by atoms with van der Waals surface area (Å²) in [5.41, 5.74) is 2.99. The van der Waals surface area contributed by atoms with Crippen molar-refractivity contribution in [3.05, 3.63) is 24.8 Å². The van der Waals surface area contributed by atoms with Gasteiger partial charge in [0.25, 0.3) is 0 Å².